The number of pyridine rings is 2. The Kier molecular flexibility index (Phi) is 6.87. The normalized spacial score (nSPS) is 12.5. The zero-order valence-corrected chi connectivity index (χ0v) is 28.1. The number of imidazole rings is 2. The molecule has 4 aromatic heterocycles. The van der Waals surface area contributed by atoms with E-state index in [1.54, 1.807) is 24.5 Å². The number of aromatic amines is 2. The van der Waals surface area contributed by atoms with E-state index in [1.165, 1.54) is 24.3 Å². The van der Waals surface area contributed by atoms with Crippen LogP contribution in [0.4, 0.5) is 8.78 Å². The SMILES string of the molecule is Cn1c(C(C)(C)C)nc2c3cc[nH]c(=O)c3c3cc(F)ccc3c21.Cn1c(C(C)(C)C)nc2c3ccc(F)cc3c3c(=O)[nH]ccc3c21. The zero-order valence-electron chi connectivity index (χ0n) is 28.1. The summed E-state index contributed by atoms with van der Waals surface area (Å²) in [5, 5.41) is 5.36. The van der Waals surface area contributed by atoms with Gasteiger partial charge in [0.15, 0.2) is 0 Å². The fourth-order valence-electron chi connectivity index (χ4n) is 7.08. The van der Waals surface area contributed by atoms with Gasteiger partial charge in [0.2, 0.25) is 0 Å². The van der Waals surface area contributed by atoms with Crippen molar-refractivity contribution >= 4 is 65.2 Å². The molecule has 4 heterocycles. The lowest BCUT2D eigenvalue weighted by molar-refractivity contribution is 0.527. The molecule has 244 valence electrons. The van der Waals surface area contributed by atoms with Crippen LogP contribution in [0.25, 0.3) is 65.2 Å². The summed E-state index contributed by atoms with van der Waals surface area (Å²) < 4.78 is 31.8. The van der Waals surface area contributed by atoms with Crippen molar-refractivity contribution in [2.75, 3.05) is 0 Å². The van der Waals surface area contributed by atoms with E-state index in [9.17, 15) is 18.4 Å². The van der Waals surface area contributed by atoms with Crippen molar-refractivity contribution in [3.63, 3.8) is 0 Å². The van der Waals surface area contributed by atoms with Crippen molar-refractivity contribution in [1.82, 2.24) is 29.1 Å². The van der Waals surface area contributed by atoms with Gasteiger partial charge in [-0.1, -0.05) is 41.5 Å². The van der Waals surface area contributed by atoms with Gasteiger partial charge in [0.05, 0.1) is 32.8 Å². The number of hydrogen-bond acceptors (Lipinski definition) is 4. The van der Waals surface area contributed by atoms with Crippen LogP contribution in [0.1, 0.15) is 53.2 Å². The molecule has 0 saturated carbocycles. The summed E-state index contributed by atoms with van der Waals surface area (Å²) in [5.41, 5.74) is 2.67. The first-order valence-corrected chi connectivity index (χ1v) is 15.8. The third-order valence-corrected chi connectivity index (χ3v) is 8.98. The summed E-state index contributed by atoms with van der Waals surface area (Å²) in [7, 11) is 3.93. The van der Waals surface area contributed by atoms with Gasteiger partial charge in [0.25, 0.3) is 11.1 Å². The number of halogens is 2. The van der Waals surface area contributed by atoms with E-state index in [0.717, 1.165) is 55.3 Å². The van der Waals surface area contributed by atoms with Gasteiger partial charge in [-0.25, -0.2) is 18.7 Å². The molecule has 0 unspecified atom stereocenters. The minimum atomic E-state index is -0.363. The Labute approximate surface area is 274 Å². The van der Waals surface area contributed by atoms with E-state index in [2.05, 4.69) is 56.1 Å². The maximum atomic E-state index is 13.9. The standard InChI is InChI=1S/2C19H18FN3O/c1-19(2,3)18-22-15-12-7-8-21-17(24)14(12)13-9-10(20)5-6-11(13)16(15)23(18)4;1-19(2,3)18-22-15-11-6-5-10(20)9-13(11)14-12(16(15)23(18)4)7-8-21-17(14)24/h2*5-9H,1-4H3,(H,21,24). The van der Waals surface area contributed by atoms with E-state index < -0.39 is 0 Å². The van der Waals surface area contributed by atoms with E-state index >= 15 is 0 Å². The molecule has 0 bridgehead atoms. The number of nitrogens with one attached hydrogen (secondary N) is 2. The monoisotopic (exact) mass is 646 g/mol. The summed E-state index contributed by atoms with van der Waals surface area (Å²) in [6, 6.07) is 12.8. The lowest BCUT2D eigenvalue weighted by Crippen LogP contribution is -2.17. The Morgan fingerprint density at radius 1 is 0.562 bits per heavy atom. The number of aryl methyl sites for hydroxylation is 2. The van der Waals surface area contributed by atoms with E-state index in [4.69, 9.17) is 9.97 Å². The molecular formula is C38H36F2N6O2. The third kappa shape index (κ3) is 4.69. The molecule has 0 aliphatic carbocycles. The molecule has 8 aromatic rings. The van der Waals surface area contributed by atoms with Gasteiger partial charge in [0, 0.05) is 69.6 Å². The molecule has 4 aromatic carbocycles. The highest BCUT2D eigenvalue weighted by molar-refractivity contribution is 6.24. The average Bonchev–Trinajstić information content (AvgIpc) is 3.55. The molecule has 48 heavy (non-hydrogen) atoms. The summed E-state index contributed by atoms with van der Waals surface area (Å²) in [5.74, 6) is 1.13. The molecule has 8 nitrogen and oxygen atoms in total. The predicted molar refractivity (Wildman–Crippen MR) is 190 cm³/mol. The van der Waals surface area contributed by atoms with Crippen LogP contribution in [0.5, 0.6) is 0 Å². The third-order valence-electron chi connectivity index (χ3n) is 8.98. The first kappa shape index (κ1) is 31.2. The van der Waals surface area contributed by atoms with Crippen molar-refractivity contribution in [3.8, 4) is 0 Å². The van der Waals surface area contributed by atoms with Crippen LogP contribution in [0, 0.1) is 11.6 Å². The quantitative estimate of drug-likeness (QED) is 0.163. The van der Waals surface area contributed by atoms with Gasteiger partial charge in [0.1, 0.15) is 23.3 Å². The molecule has 0 amide bonds. The second kappa shape index (κ2) is 10.6. The maximum absolute atomic E-state index is 13.9. The molecule has 10 heteroatoms. The minimum absolute atomic E-state index is 0.145. The van der Waals surface area contributed by atoms with Crippen molar-refractivity contribution in [1.29, 1.82) is 0 Å². The van der Waals surface area contributed by atoms with Crippen LogP contribution in [-0.2, 0) is 24.9 Å². The van der Waals surface area contributed by atoms with E-state index in [1.807, 2.05) is 30.8 Å². The fourth-order valence-corrected chi connectivity index (χ4v) is 7.08. The van der Waals surface area contributed by atoms with Gasteiger partial charge in [-0.2, -0.15) is 0 Å². The Balaban J connectivity index is 0.000000152. The predicted octanol–water partition coefficient (Wildman–Crippen LogP) is 8.01. The molecule has 0 atom stereocenters. The number of nitrogens with zero attached hydrogens (tertiary/aromatic N) is 4. The van der Waals surface area contributed by atoms with Crippen molar-refractivity contribution in [2.24, 2.45) is 14.1 Å². The van der Waals surface area contributed by atoms with Crippen LogP contribution in [-0.4, -0.2) is 29.1 Å². The maximum Gasteiger partial charge on any atom is 0.256 e. The number of hydrogen-bond donors (Lipinski definition) is 2. The number of benzene rings is 4. The molecule has 2 N–H and O–H groups in total. The number of aromatic nitrogens is 6. The van der Waals surface area contributed by atoms with Gasteiger partial charge >= 0.3 is 0 Å². The van der Waals surface area contributed by atoms with Gasteiger partial charge < -0.3 is 19.1 Å². The minimum Gasteiger partial charge on any atom is -0.330 e. The molecule has 0 fully saturated rings. The van der Waals surface area contributed by atoms with Gasteiger partial charge in [-0.15, -0.1) is 0 Å². The molecule has 0 aliphatic rings. The Morgan fingerprint density at radius 2 is 0.979 bits per heavy atom. The largest absolute Gasteiger partial charge is 0.330 e. The summed E-state index contributed by atoms with van der Waals surface area (Å²) >= 11 is 0. The second-order valence-corrected chi connectivity index (χ2v) is 14.5. The number of rotatable bonds is 0. The molecule has 0 aliphatic heterocycles. The molecule has 0 spiro atoms. The fraction of sp³-hybridized carbons (Fsp3) is 0.263. The second-order valence-electron chi connectivity index (χ2n) is 14.5. The molecule has 0 saturated heterocycles. The van der Waals surface area contributed by atoms with E-state index in [0.29, 0.717) is 21.5 Å². The highest BCUT2D eigenvalue weighted by Gasteiger charge is 2.26. The van der Waals surface area contributed by atoms with Gasteiger partial charge in [-0.05, 0) is 48.5 Å². The number of H-pyrrole nitrogens is 2. The molecule has 8 rings (SSSR count). The van der Waals surface area contributed by atoms with E-state index in [-0.39, 0.29) is 33.6 Å². The Hall–Kier alpha value is -5.38. The van der Waals surface area contributed by atoms with Crippen molar-refractivity contribution in [2.45, 2.75) is 52.4 Å². The first-order valence-electron chi connectivity index (χ1n) is 15.8. The Bertz CT molecular complexity index is 2720. The first-order chi connectivity index (χ1) is 22.6. The smallest absolute Gasteiger partial charge is 0.256 e. The average molecular weight is 647 g/mol. The van der Waals surface area contributed by atoms with Gasteiger partial charge in [-0.3, -0.25) is 9.59 Å². The molecule has 0 radical (unpaired) electrons. The highest BCUT2D eigenvalue weighted by Crippen LogP contribution is 2.37. The topological polar surface area (TPSA) is 101 Å². The van der Waals surface area contributed by atoms with Crippen molar-refractivity contribution in [3.05, 3.63) is 105 Å². The number of fused-ring (bicyclic) bond motifs is 12. The summed E-state index contributed by atoms with van der Waals surface area (Å²) in [4.78, 5) is 40.0. The van der Waals surface area contributed by atoms with Crippen LogP contribution in [0.2, 0.25) is 0 Å². The summed E-state index contributed by atoms with van der Waals surface area (Å²) in [6.07, 6.45) is 3.24. The van der Waals surface area contributed by atoms with Crippen LogP contribution in [0.15, 0.2) is 70.5 Å². The summed E-state index contributed by atoms with van der Waals surface area (Å²) in [6.45, 7) is 12.6. The van der Waals surface area contributed by atoms with Crippen molar-refractivity contribution < 1.29 is 8.78 Å². The lowest BCUT2D eigenvalue weighted by Gasteiger charge is -2.17. The zero-order chi connectivity index (χ0) is 34.4. The highest BCUT2D eigenvalue weighted by atomic mass is 19.1. The lowest BCUT2D eigenvalue weighted by atomic mass is 9.96. The van der Waals surface area contributed by atoms with Crippen LogP contribution in [0.3, 0.4) is 0 Å². The Morgan fingerprint density at radius 3 is 1.50 bits per heavy atom. The van der Waals surface area contributed by atoms with Crippen LogP contribution < -0.4 is 11.1 Å². The molecular weight excluding hydrogens is 610 g/mol. The van der Waals surface area contributed by atoms with Crippen LogP contribution >= 0.6 is 0 Å².